The van der Waals surface area contributed by atoms with Crippen molar-refractivity contribution in [3.05, 3.63) is 42.0 Å². The van der Waals surface area contributed by atoms with Gasteiger partial charge in [0.25, 0.3) is 0 Å². The Morgan fingerprint density at radius 2 is 1.82 bits per heavy atom. The van der Waals surface area contributed by atoms with E-state index in [2.05, 4.69) is 4.74 Å². The van der Waals surface area contributed by atoms with Crippen molar-refractivity contribution in [1.29, 1.82) is 0 Å². The Morgan fingerprint density at radius 3 is 2.35 bits per heavy atom. The van der Waals surface area contributed by atoms with Crippen LogP contribution in [0.25, 0.3) is 0 Å². The Balaban J connectivity index is 2.66. The van der Waals surface area contributed by atoms with Crippen LogP contribution in [-0.4, -0.2) is 25.5 Å². The standard InChI is InChI=1S/C13H14O4/c1-3-17-13(15)9-8-12(14)10-4-6-11(16-2)7-5-10/h4-9H,3H2,1-2H3/b9-8+. The Bertz CT molecular complexity index is 418. The summed E-state index contributed by atoms with van der Waals surface area (Å²) < 4.78 is 9.64. The maximum absolute atomic E-state index is 11.6. The third-order valence-electron chi connectivity index (χ3n) is 2.03. The Kier molecular flexibility index (Phi) is 4.94. The summed E-state index contributed by atoms with van der Waals surface area (Å²) in [4.78, 5) is 22.6. The van der Waals surface area contributed by atoms with Crippen molar-refractivity contribution in [2.24, 2.45) is 0 Å². The zero-order valence-corrected chi connectivity index (χ0v) is 9.80. The molecule has 0 unspecified atom stereocenters. The molecule has 0 saturated carbocycles. The van der Waals surface area contributed by atoms with E-state index < -0.39 is 5.97 Å². The van der Waals surface area contributed by atoms with E-state index in [1.54, 1.807) is 38.3 Å². The molecule has 0 spiro atoms. The van der Waals surface area contributed by atoms with E-state index in [1.165, 1.54) is 6.08 Å². The molecule has 0 atom stereocenters. The van der Waals surface area contributed by atoms with Crippen molar-refractivity contribution in [2.75, 3.05) is 13.7 Å². The highest BCUT2D eigenvalue weighted by molar-refractivity contribution is 6.07. The first kappa shape index (κ1) is 13.0. The van der Waals surface area contributed by atoms with Gasteiger partial charge in [0.15, 0.2) is 5.78 Å². The van der Waals surface area contributed by atoms with Gasteiger partial charge in [-0.25, -0.2) is 4.79 Å². The van der Waals surface area contributed by atoms with Gasteiger partial charge in [0, 0.05) is 11.6 Å². The van der Waals surface area contributed by atoms with Gasteiger partial charge in [0.05, 0.1) is 13.7 Å². The summed E-state index contributed by atoms with van der Waals surface area (Å²) in [6, 6.07) is 6.64. The van der Waals surface area contributed by atoms with Gasteiger partial charge in [-0.15, -0.1) is 0 Å². The number of methoxy groups -OCH3 is 1. The molecule has 0 saturated heterocycles. The van der Waals surface area contributed by atoms with E-state index in [4.69, 9.17) is 4.74 Å². The summed E-state index contributed by atoms with van der Waals surface area (Å²) in [7, 11) is 1.55. The van der Waals surface area contributed by atoms with Crippen molar-refractivity contribution in [1.82, 2.24) is 0 Å². The number of ketones is 1. The molecule has 0 radical (unpaired) electrons. The van der Waals surface area contributed by atoms with Crippen LogP contribution in [0.5, 0.6) is 5.75 Å². The van der Waals surface area contributed by atoms with Crippen LogP contribution in [0.3, 0.4) is 0 Å². The van der Waals surface area contributed by atoms with E-state index >= 15 is 0 Å². The molecule has 0 heterocycles. The van der Waals surface area contributed by atoms with Crippen molar-refractivity contribution in [3.63, 3.8) is 0 Å². The minimum absolute atomic E-state index is 0.249. The van der Waals surface area contributed by atoms with Crippen molar-refractivity contribution in [3.8, 4) is 5.75 Å². The molecular weight excluding hydrogens is 220 g/mol. The van der Waals surface area contributed by atoms with Crippen molar-refractivity contribution < 1.29 is 19.1 Å². The highest BCUT2D eigenvalue weighted by Crippen LogP contribution is 2.11. The fourth-order valence-corrected chi connectivity index (χ4v) is 1.19. The topological polar surface area (TPSA) is 52.6 Å². The summed E-state index contributed by atoms with van der Waals surface area (Å²) in [6.45, 7) is 2.00. The van der Waals surface area contributed by atoms with E-state index in [0.29, 0.717) is 17.9 Å². The fraction of sp³-hybridized carbons (Fsp3) is 0.231. The monoisotopic (exact) mass is 234 g/mol. The zero-order chi connectivity index (χ0) is 12.7. The fourth-order valence-electron chi connectivity index (χ4n) is 1.19. The molecule has 0 aliphatic rings. The van der Waals surface area contributed by atoms with Crippen LogP contribution in [0.15, 0.2) is 36.4 Å². The number of hydrogen-bond acceptors (Lipinski definition) is 4. The van der Waals surface area contributed by atoms with E-state index in [1.807, 2.05) is 0 Å². The first-order valence-corrected chi connectivity index (χ1v) is 5.20. The second kappa shape index (κ2) is 6.48. The van der Waals surface area contributed by atoms with E-state index in [-0.39, 0.29) is 5.78 Å². The number of rotatable bonds is 5. The third-order valence-corrected chi connectivity index (χ3v) is 2.03. The summed E-state index contributed by atoms with van der Waals surface area (Å²) in [6.07, 6.45) is 2.32. The molecule has 4 nitrogen and oxygen atoms in total. The SMILES string of the molecule is CCOC(=O)/C=C/C(=O)c1ccc(OC)cc1. The molecule has 4 heteroatoms. The lowest BCUT2D eigenvalue weighted by Crippen LogP contribution is -2.01. The average Bonchev–Trinajstić information content (AvgIpc) is 2.36. The number of hydrogen-bond donors (Lipinski definition) is 0. The highest BCUT2D eigenvalue weighted by Gasteiger charge is 2.03. The highest BCUT2D eigenvalue weighted by atomic mass is 16.5. The van der Waals surface area contributed by atoms with Gasteiger partial charge in [-0.1, -0.05) is 0 Å². The van der Waals surface area contributed by atoms with Crippen LogP contribution in [0.4, 0.5) is 0 Å². The van der Waals surface area contributed by atoms with Gasteiger partial charge in [-0.2, -0.15) is 0 Å². The first-order chi connectivity index (χ1) is 8.17. The number of esters is 1. The lowest BCUT2D eigenvalue weighted by Gasteiger charge is -2.00. The van der Waals surface area contributed by atoms with Crippen molar-refractivity contribution in [2.45, 2.75) is 6.92 Å². The maximum atomic E-state index is 11.6. The van der Waals surface area contributed by atoms with Crippen LogP contribution < -0.4 is 4.74 Å². The van der Waals surface area contributed by atoms with E-state index in [9.17, 15) is 9.59 Å². The molecule has 0 bridgehead atoms. The van der Waals surface area contributed by atoms with Gasteiger partial charge in [-0.3, -0.25) is 4.79 Å². The molecule has 17 heavy (non-hydrogen) atoms. The van der Waals surface area contributed by atoms with Crippen LogP contribution in [0.1, 0.15) is 17.3 Å². The number of benzene rings is 1. The molecule has 0 aromatic heterocycles. The summed E-state index contributed by atoms with van der Waals surface area (Å²) in [5.41, 5.74) is 0.492. The molecule has 0 amide bonds. The van der Waals surface area contributed by atoms with Gasteiger partial charge in [0.1, 0.15) is 5.75 Å². The second-order valence-corrected chi connectivity index (χ2v) is 3.18. The molecule has 0 N–H and O–H groups in total. The van der Waals surface area contributed by atoms with Gasteiger partial charge in [0.2, 0.25) is 0 Å². The van der Waals surface area contributed by atoms with Crippen LogP contribution >= 0.6 is 0 Å². The Hall–Kier alpha value is -2.10. The summed E-state index contributed by atoms with van der Waals surface area (Å²) in [5.74, 6) is -0.0917. The number of carbonyl (C=O) groups is 2. The normalized spacial score (nSPS) is 10.2. The number of ether oxygens (including phenoxy) is 2. The molecule has 1 rings (SSSR count). The van der Waals surface area contributed by atoms with Crippen LogP contribution in [-0.2, 0) is 9.53 Å². The zero-order valence-electron chi connectivity index (χ0n) is 9.80. The van der Waals surface area contributed by atoms with Gasteiger partial charge in [-0.05, 0) is 37.3 Å². The number of allylic oxidation sites excluding steroid dienone is 1. The Labute approximate surface area is 99.8 Å². The minimum Gasteiger partial charge on any atom is -0.497 e. The summed E-state index contributed by atoms with van der Waals surface area (Å²) in [5, 5.41) is 0. The van der Waals surface area contributed by atoms with Crippen molar-refractivity contribution >= 4 is 11.8 Å². The largest absolute Gasteiger partial charge is 0.497 e. The van der Waals surface area contributed by atoms with E-state index in [0.717, 1.165) is 6.08 Å². The molecule has 90 valence electrons. The average molecular weight is 234 g/mol. The summed E-state index contributed by atoms with van der Waals surface area (Å²) >= 11 is 0. The van der Waals surface area contributed by atoms with Gasteiger partial charge >= 0.3 is 5.97 Å². The van der Waals surface area contributed by atoms with Gasteiger partial charge < -0.3 is 9.47 Å². The molecule has 0 fully saturated rings. The first-order valence-electron chi connectivity index (χ1n) is 5.20. The maximum Gasteiger partial charge on any atom is 0.330 e. The molecule has 1 aromatic carbocycles. The molecule has 0 aliphatic carbocycles. The second-order valence-electron chi connectivity index (χ2n) is 3.18. The molecule has 1 aromatic rings. The molecule has 0 aliphatic heterocycles. The predicted octanol–water partition coefficient (Wildman–Crippen LogP) is 2.00. The minimum atomic E-state index is -0.519. The quantitative estimate of drug-likeness (QED) is 0.444. The third kappa shape index (κ3) is 4.10. The predicted molar refractivity (Wildman–Crippen MR) is 63.1 cm³/mol. The van der Waals surface area contributed by atoms with Crippen LogP contribution in [0.2, 0.25) is 0 Å². The smallest absolute Gasteiger partial charge is 0.330 e. The molecular formula is C13H14O4. The lowest BCUT2D eigenvalue weighted by molar-refractivity contribution is -0.137. The number of carbonyl (C=O) groups excluding carboxylic acids is 2. The lowest BCUT2D eigenvalue weighted by atomic mass is 10.1. The van der Waals surface area contributed by atoms with Crippen LogP contribution in [0, 0.1) is 0 Å². The Morgan fingerprint density at radius 1 is 1.18 bits per heavy atom.